The molecule has 3 aliphatic heterocycles. The highest BCUT2D eigenvalue weighted by molar-refractivity contribution is 8.03. The van der Waals surface area contributed by atoms with E-state index in [2.05, 4.69) is 11.4 Å². The molecule has 2 fully saturated rings. The molecule has 106 valence electrons. The second-order valence-corrected chi connectivity index (χ2v) is 6.05. The highest BCUT2D eigenvalue weighted by Gasteiger charge is 2.54. The van der Waals surface area contributed by atoms with E-state index in [0.29, 0.717) is 17.1 Å². The zero-order valence-corrected chi connectivity index (χ0v) is 11.8. The quantitative estimate of drug-likeness (QED) is 0.580. The molecule has 0 aliphatic carbocycles. The molecule has 0 aromatic carbocycles. The Morgan fingerprint density at radius 2 is 2.15 bits per heavy atom. The number of likely N-dealkylation sites (N-methyl/N-ethyl adjacent to an activating group) is 2. The van der Waals surface area contributed by atoms with Crippen LogP contribution in [-0.4, -0.2) is 65.0 Å². The van der Waals surface area contributed by atoms with Gasteiger partial charge < -0.3 is 10.6 Å². The van der Waals surface area contributed by atoms with Crippen molar-refractivity contribution in [1.82, 2.24) is 20.0 Å². The van der Waals surface area contributed by atoms with Crippen molar-refractivity contribution in [2.75, 3.05) is 20.6 Å². The summed E-state index contributed by atoms with van der Waals surface area (Å²) in [5.74, 6) is -0.248. The van der Waals surface area contributed by atoms with Crippen LogP contribution in [0.3, 0.4) is 0 Å². The van der Waals surface area contributed by atoms with Gasteiger partial charge in [-0.3, -0.25) is 19.9 Å². The molecule has 3 aliphatic rings. The summed E-state index contributed by atoms with van der Waals surface area (Å²) >= 11 is 1.28. The van der Waals surface area contributed by atoms with Crippen molar-refractivity contribution in [3.05, 3.63) is 10.6 Å². The van der Waals surface area contributed by atoms with Crippen molar-refractivity contribution in [3.8, 4) is 6.07 Å². The van der Waals surface area contributed by atoms with Gasteiger partial charge >= 0.3 is 6.03 Å². The van der Waals surface area contributed by atoms with Crippen molar-refractivity contribution in [2.24, 2.45) is 5.73 Å². The van der Waals surface area contributed by atoms with Crippen molar-refractivity contribution in [3.63, 3.8) is 0 Å². The first-order valence-corrected chi connectivity index (χ1v) is 6.95. The first-order valence-electron chi connectivity index (χ1n) is 6.07. The molecule has 8 nitrogen and oxygen atoms in total. The number of urea groups is 1. The van der Waals surface area contributed by atoms with Gasteiger partial charge in [-0.1, -0.05) is 11.8 Å². The summed E-state index contributed by atoms with van der Waals surface area (Å²) in [6, 6.07) is 1.25. The molecule has 0 bridgehead atoms. The number of nitriles is 1. The van der Waals surface area contributed by atoms with Crippen molar-refractivity contribution < 1.29 is 9.59 Å². The fourth-order valence-corrected chi connectivity index (χ4v) is 3.79. The van der Waals surface area contributed by atoms with E-state index in [9.17, 15) is 9.59 Å². The van der Waals surface area contributed by atoms with E-state index in [1.54, 1.807) is 7.05 Å². The summed E-state index contributed by atoms with van der Waals surface area (Å²) in [6.07, 6.45) is -0.394. The van der Waals surface area contributed by atoms with E-state index in [-0.39, 0.29) is 17.4 Å². The molecule has 0 aromatic heterocycles. The van der Waals surface area contributed by atoms with E-state index >= 15 is 0 Å². The van der Waals surface area contributed by atoms with Crippen LogP contribution in [0.25, 0.3) is 0 Å². The molecular weight excluding hydrogens is 280 g/mol. The van der Waals surface area contributed by atoms with Crippen LogP contribution >= 0.6 is 11.8 Å². The van der Waals surface area contributed by atoms with Gasteiger partial charge in [-0.15, -0.1) is 0 Å². The molecule has 3 heterocycles. The van der Waals surface area contributed by atoms with E-state index in [4.69, 9.17) is 11.0 Å². The number of amides is 3. The molecule has 0 radical (unpaired) electrons. The second-order valence-electron chi connectivity index (χ2n) is 4.96. The van der Waals surface area contributed by atoms with Crippen molar-refractivity contribution in [1.29, 1.82) is 5.26 Å². The maximum Gasteiger partial charge on any atom is 0.327 e. The summed E-state index contributed by atoms with van der Waals surface area (Å²) in [4.78, 5) is 29.3. The number of nitrogens with one attached hydrogen (secondary N) is 1. The minimum absolute atomic E-state index is 0.224. The molecule has 3 N–H and O–H groups in total. The summed E-state index contributed by atoms with van der Waals surface area (Å²) < 4.78 is 0. The molecule has 20 heavy (non-hydrogen) atoms. The third-order valence-electron chi connectivity index (χ3n) is 3.84. The lowest BCUT2D eigenvalue weighted by Gasteiger charge is -2.40. The summed E-state index contributed by atoms with van der Waals surface area (Å²) in [7, 11) is 3.13. The average Bonchev–Trinajstić information content (AvgIpc) is 2.80. The Morgan fingerprint density at radius 3 is 2.80 bits per heavy atom. The fourth-order valence-electron chi connectivity index (χ4n) is 2.75. The number of fused-ring (bicyclic) bond motifs is 3. The van der Waals surface area contributed by atoms with Gasteiger partial charge in [-0.05, 0) is 0 Å². The highest BCUT2D eigenvalue weighted by Crippen LogP contribution is 2.37. The minimum atomic E-state index is -0.473. The van der Waals surface area contributed by atoms with Gasteiger partial charge in [-0.2, -0.15) is 5.26 Å². The smallest absolute Gasteiger partial charge is 0.327 e. The van der Waals surface area contributed by atoms with Crippen LogP contribution in [0.1, 0.15) is 0 Å². The number of hydrogen-bond acceptors (Lipinski definition) is 7. The Morgan fingerprint density at radius 1 is 1.45 bits per heavy atom. The molecule has 3 unspecified atom stereocenters. The van der Waals surface area contributed by atoms with Crippen LogP contribution in [-0.2, 0) is 4.79 Å². The van der Waals surface area contributed by atoms with E-state index in [1.807, 2.05) is 4.90 Å². The molecule has 0 aromatic rings. The third kappa shape index (κ3) is 1.62. The SMILES string of the molecule is CN1C(=O)C2C(NC3SC(C#N)=C(N)CN32)N(C)C1=O. The molecule has 0 saturated carbocycles. The molecule has 2 saturated heterocycles. The van der Waals surface area contributed by atoms with E-state index in [1.165, 1.54) is 23.7 Å². The third-order valence-corrected chi connectivity index (χ3v) is 5.06. The number of carbonyl (C=O) groups excluding carboxylic acids is 2. The summed E-state index contributed by atoms with van der Waals surface area (Å²) in [5, 5.41) is 12.2. The Balaban J connectivity index is 1.95. The molecule has 0 spiro atoms. The van der Waals surface area contributed by atoms with Gasteiger partial charge in [0.2, 0.25) is 0 Å². The zero-order chi connectivity index (χ0) is 14.6. The number of nitrogens with two attached hydrogens (primary N) is 1. The highest BCUT2D eigenvalue weighted by atomic mass is 32.2. The molecule has 3 amide bonds. The average molecular weight is 294 g/mol. The Kier molecular flexibility index (Phi) is 2.89. The molecule has 3 rings (SSSR count). The first-order chi connectivity index (χ1) is 9.45. The number of allylic oxidation sites excluding steroid dienone is 1. The Hall–Kier alpha value is -1.76. The maximum absolute atomic E-state index is 12.3. The van der Waals surface area contributed by atoms with Crippen LogP contribution in [0.15, 0.2) is 10.6 Å². The van der Waals surface area contributed by atoms with Crippen LogP contribution in [0.5, 0.6) is 0 Å². The van der Waals surface area contributed by atoms with Gasteiger partial charge in [0, 0.05) is 26.3 Å². The minimum Gasteiger partial charge on any atom is -0.399 e. The number of rotatable bonds is 0. The number of hydrogen-bond donors (Lipinski definition) is 2. The number of thioether (sulfide) groups is 1. The summed E-state index contributed by atoms with van der Waals surface area (Å²) in [5.41, 5.74) is 6.11. The van der Waals surface area contributed by atoms with Crippen LogP contribution in [0.4, 0.5) is 4.79 Å². The maximum atomic E-state index is 12.3. The topological polar surface area (TPSA) is 106 Å². The lowest BCUT2D eigenvalue weighted by Crippen LogP contribution is -2.65. The second kappa shape index (κ2) is 4.37. The number of imide groups is 1. The van der Waals surface area contributed by atoms with Crippen molar-refractivity contribution >= 4 is 23.7 Å². The van der Waals surface area contributed by atoms with E-state index in [0.717, 1.165) is 4.90 Å². The fraction of sp³-hybridized carbons (Fsp3) is 0.545. The Labute approximate surface area is 120 Å². The van der Waals surface area contributed by atoms with Gasteiger partial charge in [0.05, 0.1) is 0 Å². The van der Waals surface area contributed by atoms with Crippen LogP contribution in [0.2, 0.25) is 0 Å². The standard InChI is InChI=1S/C11H14N6O2S/c1-15-8-7(9(18)16(2)11(15)19)17-4-5(13)6(3-12)20-10(17)14-8/h7-8,10,14H,4,13H2,1-2H3. The normalized spacial score (nSPS) is 34.1. The van der Waals surface area contributed by atoms with Gasteiger partial charge in [0.15, 0.2) is 0 Å². The summed E-state index contributed by atoms with van der Waals surface area (Å²) in [6.45, 7) is 0.344. The lowest BCUT2D eigenvalue weighted by atomic mass is 10.1. The molecule has 9 heteroatoms. The Bertz CT molecular complexity index is 570. The van der Waals surface area contributed by atoms with Crippen LogP contribution in [0, 0.1) is 11.3 Å². The number of nitrogens with zero attached hydrogens (tertiary/aromatic N) is 4. The number of carbonyl (C=O) groups is 2. The molecular formula is C11H14N6O2S. The van der Waals surface area contributed by atoms with Gasteiger partial charge in [0.1, 0.15) is 28.7 Å². The van der Waals surface area contributed by atoms with Crippen molar-refractivity contribution in [2.45, 2.75) is 17.7 Å². The monoisotopic (exact) mass is 294 g/mol. The van der Waals surface area contributed by atoms with Gasteiger partial charge in [-0.25, -0.2) is 4.79 Å². The van der Waals surface area contributed by atoms with E-state index < -0.39 is 12.2 Å². The zero-order valence-electron chi connectivity index (χ0n) is 11.0. The predicted octanol–water partition coefficient (Wildman–Crippen LogP) is -1.17. The largest absolute Gasteiger partial charge is 0.399 e. The molecule has 3 atom stereocenters. The lowest BCUT2D eigenvalue weighted by molar-refractivity contribution is -0.136. The first kappa shape index (κ1) is 13.2. The van der Waals surface area contributed by atoms with Crippen LogP contribution < -0.4 is 11.1 Å². The predicted molar refractivity (Wildman–Crippen MR) is 71.6 cm³/mol. The van der Waals surface area contributed by atoms with Gasteiger partial charge in [0.25, 0.3) is 5.91 Å².